The topological polar surface area (TPSA) is 21.6 Å². The van der Waals surface area contributed by atoms with E-state index in [-0.39, 0.29) is 0 Å². The molecule has 0 spiro atoms. The number of hydrogen-bond donors (Lipinski definition) is 0. The summed E-state index contributed by atoms with van der Waals surface area (Å²) < 4.78 is 0. The summed E-state index contributed by atoms with van der Waals surface area (Å²) in [5.41, 5.74) is 1.06. The summed E-state index contributed by atoms with van der Waals surface area (Å²) in [4.78, 5) is 4.59. The molecule has 2 nitrogen and oxygen atoms in total. The van der Waals surface area contributed by atoms with Crippen LogP contribution in [-0.2, 0) is 4.84 Å². The van der Waals surface area contributed by atoms with Gasteiger partial charge in [-0.1, -0.05) is 19.0 Å². The van der Waals surface area contributed by atoms with E-state index in [1.54, 1.807) is 7.11 Å². The highest BCUT2D eigenvalue weighted by atomic mass is 16.6. The Morgan fingerprint density at radius 2 is 2.11 bits per heavy atom. The fraction of sp³-hybridized carbons (Fsp3) is 0.857. The molecule has 0 saturated carbocycles. The summed E-state index contributed by atoms with van der Waals surface area (Å²) in [5, 5.41) is 3.78. The van der Waals surface area contributed by atoms with Crippen molar-refractivity contribution in [3.63, 3.8) is 0 Å². The summed E-state index contributed by atoms with van der Waals surface area (Å²) >= 11 is 0. The lowest BCUT2D eigenvalue weighted by Gasteiger charge is -2.01. The normalized spacial score (nSPS) is 12.3. The molecule has 0 aromatic carbocycles. The van der Waals surface area contributed by atoms with Gasteiger partial charge in [-0.15, -0.1) is 0 Å². The summed E-state index contributed by atoms with van der Waals surface area (Å²) in [6.45, 7) is 6.30. The van der Waals surface area contributed by atoms with E-state index in [4.69, 9.17) is 0 Å². The molecule has 54 valence electrons. The average Bonchev–Trinajstić information content (AvgIpc) is 1.63. The average molecular weight is 129 g/mol. The van der Waals surface area contributed by atoms with Crippen LogP contribution in [0.3, 0.4) is 0 Å². The van der Waals surface area contributed by atoms with E-state index in [0.29, 0.717) is 5.92 Å². The number of rotatable bonds is 3. The number of oxime groups is 1. The van der Waals surface area contributed by atoms with Gasteiger partial charge in [0.25, 0.3) is 0 Å². The van der Waals surface area contributed by atoms with E-state index >= 15 is 0 Å². The second-order valence-corrected chi connectivity index (χ2v) is 2.61. The van der Waals surface area contributed by atoms with Crippen LogP contribution in [0.2, 0.25) is 0 Å². The van der Waals surface area contributed by atoms with Crippen LogP contribution in [0.15, 0.2) is 5.16 Å². The third kappa shape index (κ3) is 5.34. The summed E-state index contributed by atoms with van der Waals surface area (Å²) in [6.07, 6.45) is 1.02. The lowest BCUT2D eigenvalue weighted by Crippen LogP contribution is -1.97. The Balaban J connectivity index is 3.49. The van der Waals surface area contributed by atoms with E-state index in [9.17, 15) is 0 Å². The van der Waals surface area contributed by atoms with Crippen molar-refractivity contribution in [1.29, 1.82) is 0 Å². The molecule has 0 aromatic rings. The van der Waals surface area contributed by atoms with Gasteiger partial charge in [-0.3, -0.25) is 0 Å². The van der Waals surface area contributed by atoms with Gasteiger partial charge in [0.2, 0.25) is 0 Å². The molecule has 0 unspecified atom stereocenters. The Morgan fingerprint density at radius 3 is 2.44 bits per heavy atom. The quantitative estimate of drug-likeness (QED) is 0.422. The molecule has 2 heteroatoms. The minimum atomic E-state index is 0.670. The van der Waals surface area contributed by atoms with E-state index in [1.165, 1.54) is 0 Å². The molecule has 0 atom stereocenters. The lowest BCUT2D eigenvalue weighted by atomic mass is 10.1. The van der Waals surface area contributed by atoms with Crippen LogP contribution >= 0.6 is 0 Å². The van der Waals surface area contributed by atoms with Gasteiger partial charge in [-0.2, -0.15) is 0 Å². The maximum Gasteiger partial charge on any atom is 0.106 e. The molecule has 0 aliphatic carbocycles. The van der Waals surface area contributed by atoms with E-state index < -0.39 is 0 Å². The summed E-state index contributed by atoms with van der Waals surface area (Å²) in [7, 11) is 1.57. The van der Waals surface area contributed by atoms with Crippen LogP contribution in [0.1, 0.15) is 27.2 Å². The predicted molar refractivity (Wildman–Crippen MR) is 39.6 cm³/mol. The highest BCUT2D eigenvalue weighted by molar-refractivity contribution is 5.81. The third-order valence-electron chi connectivity index (χ3n) is 0.951. The molecule has 0 amide bonds. The number of hydrogen-bond acceptors (Lipinski definition) is 2. The van der Waals surface area contributed by atoms with E-state index in [1.807, 2.05) is 6.92 Å². The lowest BCUT2D eigenvalue weighted by molar-refractivity contribution is 0.212. The van der Waals surface area contributed by atoms with Crippen molar-refractivity contribution in [2.45, 2.75) is 27.2 Å². The minimum absolute atomic E-state index is 0.670. The van der Waals surface area contributed by atoms with Crippen molar-refractivity contribution in [2.24, 2.45) is 11.1 Å². The van der Waals surface area contributed by atoms with Crippen LogP contribution in [0, 0.1) is 5.92 Å². The van der Waals surface area contributed by atoms with E-state index in [0.717, 1.165) is 12.1 Å². The van der Waals surface area contributed by atoms with Crippen LogP contribution in [0.5, 0.6) is 0 Å². The fourth-order valence-corrected chi connectivity index (χ4v) is 0.784. The van der Waals surface area contributed by atoms with Crippen molar-refractivity contribution in [2.75, 3.05) is 7.11 Å². The highest BCUT2D eigenvalue weighted by Crippen LogP contribution is 2.00. The van der Waals surface area contributed by atoms with Crippen LogP contribution in [0.25, 0.3) is 0 Å². The SMILES string of the molecule is CO/N=C(/C)CC(C)C. The zero-order valence-corrected chi connectivity index (χ0v) is 6.64. The first kappa shape index (κ1) is 8.47. The maximum atomic E-state index is 4.59. The van der Waals surface area contributed by atoms with Crippen molar-refractivity contribution < 1.29 is 4.84 Å². The molecule has 0 fully saturated rings. The number of nitrogens with zero attached hydrogens (tertiary/aromatic N) is 1. The Labute approximate surface area is 56.9 Å². The Morgan fingerprint density at radius 1 is 1.56 bits per heavy atom. The standard InChI is InChI=1S/C7H15NO/c1-6(2)5-7(3)8-9-4/h6H,5H2,1-4H3/b8-7-. The maximum absolute atomic E-state index is 4.59. The van der Waals surface area contributed by atoms with Gasteiger partial charge in [0.05, 0.1) is 5.71 Å². The van der Waals surface area contributed by atoms with Crippen molar-refractivity contribution >= 4 is 5.71 Å². The van der Waals surface area contributed by atoms with Crippen molar-refractivity contribution in [1.82, 2.24) is 0 Å². The van der Waals surface area contributed by atoms with E-state index in [2.05, 4.69) is 23.8 Å². The fourth-order valence-electron chi connectivity index (χ4n) is 0.784. The van der Waals surface area contributed by atoms with Gasteiger partial charge >= 0.3 is 0 Å². The van der Waals surface area contributed by atoms with Crippen molar-refractivity contribution in [3.8, 4) is 0 Å². The zero-order chi connectivity index (χ0) is 7.28. The largest absolute Gasteiger partial charge is 0.399 e. The summed E-state index contributed by atoms with van der Waals surface area (Å²) in [6, 6.07) is 0. The molecule has 0 aliphatic heterocycles. The van der Waals surface area contributed by atoms with Crippen LogP contribution in [0.4, 0.5) is 0 Å². The molecule has 0 heterocycles. The first-order chi connectivity index (χ1) is 4.16. The van der Waals surface area contributed by atoms with Crippen LogP contribution < -0.4 is 0 Å². The first-order valence-corrected chi connectivity index (χ1v) is 3.23. The predicted octanol–water partition coefficient (Wildman–Crippen LogP) is 2.05. The molecule has 0 rings (SSSR count). The molecule has 0 radical (unpaired) electrons. The van der Waals surface area contributed by atoms with Gasteiger partial charge < -0.3 is 4.84 Å². The summed E-state index contributed by atoms with van der Waals surface area (Å²) in [5.74, 6) is 0.670. The highest BCUT2D eigenvalue weighted by Gasteiger charge is 1.95. The Hall–Kier alpha value is -0.530. The first-order valence-electron chi connectivity index (χ1n) is 3.23. The molecular formula is C7H15NO. The van der Waals surface area contributed by atoms with Gasteiger partial charge in [0.1, 0.15) is 7.11 Å². The zero-order valence-electron chi connectivity index (χ0n) is 6.64. The molecule has 9 heavy (non-hydrogen) atoms. The third-order valence-corrected chi connectivity index (χ3v) is 0.951. The molecule has 0 aromatic heterocycles. The molecule has 0 aliphatic rings. The van der Waals surface area contributed by atoms with Gasteiger partial charge in [-0.05, 0) is 19.3 Å². The Kier molecular flexibility index (Phi) is 4.10. The second kappa shape index (κ2) is 4.36. The molecule has 0 saturated heterocycles. The molecular weight excluding hydrogens is 114 g/mol. The van der Waals surface area contributed by atoms with Gasteiger partial charge in [-0.25, -0.2) is 0 Å². The van der Waals surface area contributed by atoms with Crippen LogP contribution in [-0.4, -0.2) is 12.8 Å². The van der Waals surface area contributed by atoms with Crippen molar-refractivity contribution in [3.05, 3.63) is 0 Å². The van der Waals surface area contributed by atoms with Gasteiger partial charge in [0.15, 0.2) is 0 Å². The monoisotopic (exact) mass is 129 g/mol. The molecule has 0 N–H and O–H groups in total. The second-order valence-electron chi connectivity index (χ2n) is 2.61. The minimum Gasteiger partial charge on any atom is -0.399 e. The van der Waals surface area contributed by atoms with Gasteiger partial charge in [0, 0.05) is 0 Å². The molecule has 0 bridgehead atoms. The Bertz CT molecular complexity index is 97.1. The smallest absolute Gasteiger partial charge is 0.106 e.